The molecule has 0 unspecified atom stereocenters. The molecule has 0 amide bonds. The summed E-state index contributed by atoms with van der Waals surface area (Å²) in [5.74, 6) is 2.46. The Morgan fingerprint density at radius 3 is 2.63 bits per heavy atom. The van der Waals surface area contributed by atoms with Crippen molar-refractivity contribution in [1.82, 2.24) is 19.9 Å². The third-order valence-electron chi connectivity index (χ3n) is 3.47. The van der Waals surface area contributed by atoms with Crippen LogP contribution in [0.4, 0.5) is 0 Å². The first-order valence-corrected chi connectivity index (χ1v) is 7.77. The maximum Gasteiger partial charge on any atom is 0.100 e. The third-order valence-corrected chi connectivity index (χ3v) is 4.41. The van der Waals surface area contributed by atoms with Gasteiger partial charge in [-0.2, -0.15) is 11.8 Å². The molecule has 0 radical (unpaired) electrons. The molecule has 1 aliphatic rings. The van der Waals surface area contributed by atoms with Crippen molar-refractivity contribution in [3.8, 4) is 5.69 Å². The quantitative estimate of drug-likeness (QED) is 0.858. The van der Waals surface area contributed by atoms with Gasteiger partial charge in [0.15, 0.2) is 0 Å². The van der Waals surface area contributed by atoms with Crippen molar-refractivity contribution >= 4 is 11.8 Å². The van der Waals surface area contributed by atoms with Crippen LogP contribution >= 0.6 is 11.8 Å². The molecule has 1 fully saturated rings. The molecule has 1 aromatic heterocycles. The third kappa shape index (κ3) is 2.82. The lowest BCUT2D eigenvalue weighted by molar-refractivity contribution is 0.290. The predicted octanol–water partition coefficient (Wildman–Crippen LogP) is 2.12. The Morgan fingerprint density at radius 1 is 1.16 bits per heavy atom. The van der Waals surface area contributed by atoms with E-state index in [0.717, 1.165) is 36.7 Å². The highest BCUT2D eigenvalue weighted by Gasteiger charge is 2.16. The zero-order chi connectivity index (χ0) is 13.1. The first-order valence-electron chi connectivity index (χ1n) is 6.61. The van der Waals surface area contributed by atoms with Crippen molar-refractivity contribution in [2.75, 3.05) is 24.6 Å². The molecule has 1 aliphatic heterocycles. The average Bonchev–Trinajstić information content (AvgIpc) is 2.82. The van der Waals surface area contributed by atoms with Gasteiger partial charge in [0.2, 0.25) is 0 Å². The molecule has 0 spiro atoms. The standard InChI is InChI=1S/C14H18N4S/c1-12-14(11-17-7-9-19-10-8-17)15-16-18(12)13-5-3-2-4-6-13/h2-6H,7-11H2,1H3. The zero-order valence-electron chi connectivity index (χ0n) is 11.1. The Kier molecular flexibility index (Phi) is 3.84. The molecule has 5 heteroatoms. The van der Waals surface area contributed by atoms with Crippen LogP contribution in [0.25, 0.3) is 5.69 Å². The second kappa shape index (κ2) is 5.75. The maximum atomic E-state index is 4.35. The van der Waals surface area contributed by atoms with Crippen LogP contribution in [-0.2, 0) is 6.54 Å². The van der Waals surface area contributed by atoms with Crippen molar-refractivity contribution < 1.29 is 0 Å². The normalized spacial score (nSPS) is 16.7. The predicted molar refractivity (Wildman–Crippen MR) is 78.7 cm³/mol. The summed E-state index contributed by atoms with van der Waals surface area (Å²) in [7, 11) is 0. The number of para-hydroxylation sites is 1. The second-order valence-corrected chi connectivity index (χ2v) is 5.98. The van der Waals surface area contributed by atoms with Gasteiger partial charge >= 0.3 is 0 Å². The van der Waals surface area contributed by atoms with E-state index in [4.69, 9.17) is 0 Å². The lowest BCUT2D eigenvalue weighted by Crippen LogP contribution is -2.32. The van der Waals surface area contributed by atoms with E-state index in [0.29, 0.717) is 0 Å². The zero-order valence-corrected chi connectivity index (χ0v) is 11.9. The highest BCUT2D eigenvalue weighted by molar-refractivity contribution is 7.99. The summed E-state index contributed by atoms with van der Waals surface area (Å²) in [6, 6.07) is 10.2. The monoisotopic (exact) mass is 274 g/mol. The molecular weight excluding hydrogens is 256 g/mol. The van der Waals surface area contributed by atoms with Crippen molar-refractivity contribution in [3.05, 3.63) is 41.7 Å². The minimum atomic E-state index is 0.916. The Bertz CT molecular complexity index is 532. The summed E-state index contributed by atoms with van der Waals surface area (Å²) < 4.78 is 1.92. The molecule has 0 bridgehead atoms. The van der Waals surface area contributed by atoms with Crippen LogP contribution in [-0.4, -0.2) is 44.5 Å². The first kappa shape index (κ1) is 12.7. The largest absolute Gasteiger partial charge is 0.296 e. The van der Waals surface area contributed by atoms with Crippen LogP contribution in [0, 0.1) is 6.92 Å². The lowest BCUT2D eigenvalue weighted by atomic mass is 10.3. The summed E-state index contributed by atoms with van der Waals surface area (Å²) in [6.07, 6.45) is 0. The van der Waals surface area contributed by atoms with E-state index in [-0.39, 0.29) is 0 Å². The van der Waals surface area contributed by atoms with E-state index >= 15 is 0 Å². The average molecular weight is 274 g/mol. The number of thioether (sulfide) groups is 1. The van der Waals surface area contributed by atoms with E-state index in [1.165, 1.54) is 11.5 Å². The van der Waals surface area contributed by atoms with Gasteiger partial charge in [-0.1, -0.05) is 23.4 Å². The smallest absolute Gasteiger partial charge is 0.100 e. The van der Waals surface area contributed by atoms with Crippen LogP contribution in [0.3, 0.4) is 0 Å². The van der Waals surface area contributed by atoms with Crippen molar-refractivity contribution in [1.29, 1.82) is 0 Å². The lowest BCUT2D eigenvalue weighted by Gasteiger charge is -2.25. The molecular formula is C14H18N4S. The first-order chi connectivity index (χ1) is 9.34. The molecule has 0 N–H and O–H groups in total. The van der Waals surface area contributed by atoms with E-state index < -0.39 is 0 Å². The van der Waals surface area contributed by atoms with Crippen LogP contribution in [0.2, 0.25) is 0 Å². The van der Waals surface area contributed by atoms with Crippen LogP contribution in [0.5, 0.6) is 0 Å². The minimum Gasteiger partial charge on any atom is -0.296 e. The number of benzene rings is 1. The highest BCUT2D eigenvalue weighted by Crippen LogP contribution is 2.16. The Balaban J connectivity index is 1.79. The van der Waals surface area contributed by atoms with Gasteiger partial charge in [0, 0.05) is 31.1 Å². The molecule has 0 saturated carbocycles. The van der Waals surface area contributed by atoms with E-state index in [1.807, 2.05) is 34.6 Å². The molecule has 3 rings (SSSR count). The van der Waals surface area contributed by atoms with Crippen molar-refractivity contribution in [2.45, 2.75) is 13.5 Å². The van der Waals surface area contributed by atoms with Gasteiger partial charge in [-0.05, 0) is 19.1 Å². The molecule has 2 heterocycles. The molecule has 1 saturated heterocycles. The van der Waals surface area contributed by atoms with Gasteiger partial charge in [-0.15, -0.1) is 5.10 Å². The highest BCUT2D eigenvalue weighted by atomic mass is 32.2. The van der Waals surface area contributed by atoms with Gasteiger partial charge in [-0.3, -0.25) is 4.90 Å². The fourth-order valence-corrected chi connectivity index (χ4v) is 3.27. The summed E-state index contributed by atoms with van der Waals surface area (Å²) in [5.41, 5.74) is 3.31. The Labute approximate surface area is 117 Å². The molecule has 0 aliphatic carbocycles. The van der Waals surface area contributed by atoms with Crippen LogP contribution < -0.4 is 0 Å². The van der Waals surface area contributed by atoms with E-state index in [2.05, 4.69) is 34.3 Å². The summed E-state index contributed by atoms with van der Waals surface area (Å²) >= 11 is 2.03. The number of nitrogens with zero attached hydrogens (tertiary/aromatic N) is 4. The molecule has 4 nitrogen and oxygen atoms in total. The maximum absolute atomic E-state index is 4.35. The van der Waals surface area contributed by atoms with E-state index in [1.54, 1.807) is 0 Å². The summed E-state index contributed by atoms with van der Waals surface area (Å²) in [4.78, 5) is 2.46. The number of rotatable bonds is 3. The SMILES string of the molecule is Cc1c(CN2CCSCC2)nnn1-c1ccccc1. The topological polar surface area (TPSA) is 34.0 Å². The summed E-state index contributed by atoms with van der Waals surface area (Å²) in [5, 5.41) is 8.64. The number of hydrogen-bond acceptors (Lipinski definition) is 4. The van der Waals surface area contributed by atoms with Gasteiger partial charge in [0.25, 0.3) is 0 Å². The van der Waals surface area contributed by atoms with Gasteiger partial charge in [-0.25, -0.2) is 4.68 Å². The second-order valence-electron chi connectivity index (χ2n) is 4.76. The van der Waals surface area contributed by atoms with Gasteiger partial charge in [0.1, 0.15) is 5.69 Å². The van der Waals surface area contributed by atoms with Crippen LogP contribution in [0.1, 0.15) is 11.4 Å². The van der Waals surface area contributed by atoms with E-state index in [9.17, 15) is 0 Å². The molecule has 2 aromatic rings. The molecule has 1 aromatic carbocycles. The minimum absolute atomic E-state index is 0.916. The van der Waals surface area contributed by atoms with Gasteiger partial charge in [0.05, 0.1) is 11.4 Å². The fraction of sp³-hybridized carbons (Fsp3) is 0.429. The Morgan fingerprint density at radius 2 is 1.89 bits per heavy atom. The molecule has 0 atom stereocenters. The molecule has 19 heavy (non-hydrogen) atoms. The Hall–Kier alpha value is -1.33. The number of aromatic nitrogens is 3. The van der Waals surface area contributed by atoms with Crippen molar-refractivity contribution in [2.24, 2.45) is 0 Å². The molecule has 100 valence electrons. The van der Waals surface area contributed by atoms with Crippen molar-refractivity contribution in [3.63, 3.8) is 0 Å². The number of hydrogen-bond donors (Lipinski definition) is 0. The van der Waals surface area contributed by atoms with Gasteiger partial charge < -0.3 is 0 Å². The van der Waals surface area contributed by atoms with Crippen LogP contribution in [0.15, 0.2) is 30.3 Å². The fourth-order valence-electron chi connectivity index (χ4n) is 2.29. The summed E-state index contributed by atoms with van der Waals surface area (Å²) in [6.45, 7) is 5.32.